The monoisotopic (exact) mass is 476 g/mol. The second-order valence-electron chi connectivity index (χ2n) is 8.85. The fourth-order valence-electron chi connectivity index (χ4n) is 3.28. The van der Waals surface area contributed by atoms with Gasteiger partial charge in [-0.1, -0.05) is 32.4 Å². The van der Waals surface area contributed by atoms with Gasteiger partial charge < -0.3 is 20.4 Å². The summed E-state index contributed by atoms with van der Waals surface area (Å²) in [5, 5.41) is 6.89. The number of piperazine rings is 1. The van der Waals surface area contributed by atoms with E-state index in [0.717, 1.165) is 24.3 Å². The number of carbonyl (C=O) groups excluding carboxylic acids is 3. The van der Waals surface area contributed by atoms with Crippen LogP contribution < -0.4 is 15.5 Å². The van der Waals surface area contributed by atoms with Crippen LogP contribution in [0.5, 0.6) is 0 Å². The summed E-state index contributed by atoms with van der Waals surface area (Å²) >= 11 is 7.16. The van der Waals surface area contributed by atoms with Crippen LogP contribution >= 0.6 is 22.9 Å². The van der Waals surface area contributed by atoms with Crippen molar-refractivity contribution in [2.75, 3.05) is 42.9 Å². The highest BCUT2D eigenvalue weighted by atomic mass is 35.5. The van der Waals surface area contributed by atoms with Crippen LogP contribution in [0.2, 0.25) is 5.02 Å². The Morgan fingerprint density at radius 3 is 2.28 bits per heavy atom. The van der Waals surface area contributed by atoms with Crippen molar-refractivity contribution in [3.63, 3.8) is 0 Å². The minimum Gasteiger partial charge on any atom is -0.368 e. The lowest BCUT2D eigenvalue weighted by Crippen LogP contribution is -2.51. The highest BCUT2D eigenvalue weighted by Crippen LogP contribution is 2.28. The summed E-state index contributed by atoms with van der Waals surface area (Å²) in [5.41, 5.74) is 1.32. The lowest BCUT2D eigenvalue weighted by Gasteiger charge is -2.36. The maximum Gasteiger partial charge on any atom is 0.262 e. The van der Waals surface area contributed by atoms with Crippen LogP contribution in [0.1, 0.15) is 36.0 Å². The Morgan fingerprint density at radius 2 is 1.69 bits per heavy atom. The molecule has 0 bridgehead atoms. The lowest BCUT2D eigenvalue weighted by molar-refractivity contribution is -0.130. The number of rotatable bonds is 5. The van der Waals surface area contributed by atoms with Gasteiger partial charge in [-0.05, 0) is 42.8 Å². The smallest absolute Gasteiger partial charge is 0.262 e. The number of nitrogens with zero attached hydrogens (tertiary/aromatic N) is 2. The number of carbonyl (C=O) groups is 3. The molecular weight excluding hydrogens is 448 g/mol. The van der Waals surface area contributed by atoms with Crippen molar-refractivity contribution in [3.05, 3.63) is 45.8 Å². The molecule has 172 valence electrons. The average molecular weight is 477 g/mol. The second-order valence-corrected chi connectivity index (χ2v) is 10.3. The zero-order chi connectivity index (χ0) is 23.5. The van der Waals surface area contributed by atoms with E-state index in [4.69, 9.17) is 11.6 Å². The van der Waals surface area contributed by atoms with Gasteiger partial charge in [0, 0.05) is 42.3 Å². The molecule has 1 aromatic heterocycles. The number of anilines is 2. The summed E-state index contributed by atoms with van der Waals surface area (Å²) in [5.74, 6) is -0.528. The van der Waals surface area contributed by atoms with Gasteiger partial charge >= 0.3 is 0 Å². The molecule has 2 heterocycles. The van der Waals surface area contributed by atoms with Gasteiger partial charge in [0.1, 0.15) is 0 Å². The molecule has 3 rings (SSSR count). The number of thiophene rings is 1. The predicted octanol–water partition coefficient (Wildman–Crippen LogP) is 3.77. The maximum atomic E-state index is 12.6. The molecule has 2 aromatic rings. The SMILES string of the molecule is Cc1cc(NC(=O)C(C)(C)C)sc1C(=O)NCC(=O)N1CCN(c2ccc(Cl)cc2)CC1. The van der Waals surface area contributed by atoms with Crippen LogP contribution in [0.3, 0.4) is 0 Å². The Labute approximate surface area is 197 Å². The van der Waals surface area contributed by atoms with Gasteiger partial charge in [-0.15, -0.1) is 11.3 Å². The van der Waals surface area contributed by atoms with Crippen LogP contribution in [0.15, 0.2) is 30.3 Å². The first-order chi connectivity index (χ1) is 15.0. The standard InChI is InChI=1S/C23H29ClN4O3S/c1-15-13-18(26-22(31)23(2,3)4)32-20(15)21(30)25-14-19(29)28-11-9-27(10-12-28)17-7-5-16(24)6-8-17/h5-8,13H,9-12,14H2,1-4H3,(H,25,30)(H,26,31). The summed E-state index contributed by atoms with van der Waals surface area (Å²) in [6, 6.07) is 9.44. The number of benzene rings is 1. The highest BCUT2D eigenvalue weighted by Gasteiger charge is 2.24. The van der Waals surface area contributed by atoms with E-state index in [9.17, 15) is 14.4 Å². The Kier molecular flexibility index (Phi) is 7.46. The minimum atomic E-state index is -0.523. The van der Waals surface area contributed by atoms with Crippen LogP contribution in [0.25, 0.3) is 0 Å². The quantitative estimate of drug-likeness (QED) is 0.688. The van der Waals surface area contributed by atoms with E-state index in [1.165, 1.54) is 11.3 Å². The van der Waals surface area contributed by atoms with Crippen molar-refractivity contribution in [1.82, 2.24) is 10.2 Å². The maximum absolute atomic E-state index is 12.6. The number of amides is 3. The van der Waals surface area contributed by atoms with Gasteiger partial charge in [-0.2, -0.15) is 0 Å². The predicted molar refractivity (Wildman–Crippen MR) is 130 cm³/mol. The number of aryl methyl sites for hydroxylation is 1. The van der Waals surface area contributed by atoms with E-state index < -0.39 is 5.41 Å². The second kappa shape index (κ2) is 9.92. The zero-order valence-electron chi connectivity index (χ0n) is 18.8. The molecule has 2 N–H and O–H groups in total. The molecule has 1 aromatic carbocycles. The fraction of sp³-hybridized carbons (Fsp3) is 0.435. The number of hydrogen-bond acceptors (Lipinski definition) is 5. The molecule has 0 saturated carbocycles. The third kappa shape index (κ3) is 6.01. The summed E-state index contributed by atoms with van der Waals surface area (Å²) in [4.78, 5) is 41.8. The van der Waals surface area contributed by atoms with Crippen LogP contribution in [0.4, 0.5) is 10.7 Å². The molecule has 0 spiro atoms. The molecule has 0 radical (unpaired) electrons. The largest absolute Gasteiger partial charge is 0.368 e. The Hall–Kier alpha value is -2.58. The molecule has 9 heteroatoms. The topological polar surface area (TPSA) is 81.8 Å². The number of halogens is 1. The highest BCUT2D eigenvalue weighted by molar-refractivity contribution is 7.18. The Balaban J connectivity index is 1.49. The van der Waals surface area contributed by atoms with E-state index in [0.29, 0.717) is 28.0 Å². The molecule has 0 aliphatic carbocycles. The van der Waals surface area contributed by atoms with Crippen molar-refractivity contribution in [1.29, 1.82) is 0 Å². The van der Waals surface area contributed by atoms with Crippen molar-refractivity contribution in [2.45, 2.75) is 27.7 Å². The molecule has 7 nitrogen and oxygen atoms in total. The lowest BCUT2D eigenvalue weighted by atomic mass is 9.96. The normalized spacial score (nSPS) is 14.3. The molecule has 0 unspecified atom stereocenters. The fourth-order valence-corrected chi connectivity index (χ4v) is 4.39. The van der Waals surface area contributed by atoms with Crippen molar-refractivity contribution in [2.24, 2.45) is 5.41 Å². The van der Waals surface area contributed by atoms with Crippen LogP contribution in [-0.2, 0) is 9.59 Å². The Bertz CT molecular complexity index is 990. The van der Waals surface area contributed by atoms with Gasteiger partial charge in [0.25, 0.3) is 5.91 Å². The first-order valence-corrected chi connectivity index (χ1v) is 11.7. The molecule has 1 fully saturated rings. The number of nitrogens with one attached hydrogen (secondary N) is 2. The molecule has 3 amide bonds. The van der Waals surface area contributed by atoms with E-state index >= 15 is 0 Å². The van der Waals surface area contributed by atoms with Crippen molar-refractivity contribution in [3.8, 4) is 0 Å². The van der Waals surface area contributed by atoms with Gasteiger partial charge in [0.05, 0.1) is 16.4 Å². The molecule has 1 saturated heterocycles. The summed E-state index contributed by atoms with van der Waals surface area (Å²) in [7, 11) is 0. The van der Waals surface area contributed by atoms with Crippen molar-refractivity contribution >= 4 is 51.3 Å². The molecule has 32 heavy (non-hydrogen) atoms. The van der Waals surface area contributed by atoms with Crippen LogP contribution in [-0.4, -0.2) is 55.3 Å². The van der Waals surface area contributed by atoms with Crippen molar-refractivity contribution < 1.29 is 14.4 Å². The number of hydrogen-bond donors (Lipinski definition) is 2. The molecule has 0 atom stereocenters. The van der Waals surface area contributed by atoms with Gasteiger partial charge in [-0.3, -0.25) is 14.4 Å². The minimum absolute atomic E-state index is 0.0548. The van der Waals surface area contributed by atoms with E-state index in [2.05, 4.69) is 15.5 Å². The summed E-state index contributed by atoms with van der Waals surface area (Å²) in [6.07, 6.45) is 0. The van der Waals surface area contributed by atoms with E-state index in [1.54, 1.807) is 11.0 Å². The first-order valence-electron chi connectivity index (χ1n) is 10.5. The summed E-state index contributed by atoms with van der Waals surface area (Å²) in [6.45, 7) is 9.89. The van der Waals surface area contributed by atoms with Crippen LogP contribution in [0, 0.1) is 12.3 Å². The first kappa shape index (κ1) is 24.1. The van der Waals surface area contributed by atoms with Gasteiger partial charge in [-0.25, -0.2) is 0 Å². The zero-order valence-corrected chi connectivity index (χ0v) is 20.4. The molecular formula is C23H29ClN4O3S. The third-order valence-electron chi connectivity index (χ3n) is 5.27. The van der Waals surface area contributed by atoms with E-state index in [-0.39, 0.29) is 24.3 Å². The third-order valence-corrected chi connectivity index (χ3v) is 6.67. The van der Waals surface area contributed by atoms with E-state index in [1.807, 2.05) is 52.0 Å². The van der Waals surface area contributed by atoms with Gasteiger partial charge in [0.15, 0.2) is 0 Å². The summed E-state index contributed by atoms with van der Waals surface area (Å²) < 4.78 is 0. The molecule has 1 aliphatic rings. The Morgan fingerprint density at radius 1 is 1.06 bits per heavy atom. The average Bonchev–Trinajstić information content (AvgIpc) is 3.12. The molecule has 1 aliphatic heterocycles. The van der Waals surface area contributed by atoms with Gasteiger partial charge in [0.2, 0.25) is 11.8 Å².